The van der Waals surface area contributed by atoms with E-state index in [0.29, 0.717) is 29.3 Å². The molecule has 0 bridgehead atoms. The minimum absolute atomic E-state index is 0.267. The van der Waals surface area contributed by atoms with Crippen LogP contribution in [0, 0.1) is 5.82 Å². The normalized spacial score (nSPS) is 11.4. The molecular weight excluding hydrogens is 429 g/mol. The van der Waals surface area contributed by atoms with Crippen LogP contribution >= 0.6 is 0 Å². The molecule has 3 aromatic rings. The van der Waals surface area contributed by atoms with Gasteiger partial charge in [0.15, 0.2) is 0 Å². The topological polar surface area (TPSA) is 53.9 Å². The fraction of sp³-hybridized carbons (Fsp3) is 0.143. The molecule has 0 aromatic heterocycles. The van der Waals surface area contributed by atoms with Crippen LogP contribution in [0.1, 0.15) is 18.1 Å². The average Bonchev–Trinajstić information content (AvgIpc) is 2.84. The Morgan fingerprint density at radius 3 is 2.15 bits per heavy atom. The fourth-order valence-electron chi connectivity index (χ4n) is 3.11. The van der Waals surface area contributed by atoms with E-state index in [1.165, 1.54) is 12.1 Å². The predicted molar refractivity (Wildman–Crippen MR) is 137 cm³/mol. The molecule has 174 valence electrons. The van der Waals surface area contributed by atoms with Crippen LogP contribution in [-0.2, 0) is 11.3 Å². The molecule has 5 nitrogen and oxygen atoms in total. The van der Waals surface area contributed by atoms with Crippen LogP contribution in [0.2, 0.25) is 0 Å². The highest BCUT2D eigenvalue weighted by Crippen LogP contribution is 2.25. The molecule has 0 spiro atoms. The van der Waals surface area contributed by atoms with Crippen molar-refractivity contribution >= 4 is 23.5 Å². The Labute approximate surface area is 199 Å². The van der Waals surface area contributed by atoms with Crippen LogP contribution < -0.4 is 15.0 Å². The summed E-state index contributed by atoms with van der Waals surface area (Å²) in [6, 6.07) is 21.1. The molecule has 0 aliphatic heterocycles. The van der Waals surface area contributed by atoms with Crippen molar-refractivity contribution in [3.63, 3.8) is 0 Å². The first-order chi connectivity index (χ1) is 16.4. The lowest BCUT2D eigenvalue weighted by molar-refractivity contribution is -0.117. The molecule has 0 saturated carbocycles. The lowest BCUT2D eigenvalue weighted by Gasteiger charge is -2.13. The lowest BCUT2D eigenvalue weighted by Crippen LogP contribution is -2.23. The molecule has 0 saturated heterocycles. The third-order valence-electron chi connectivity index (χ3n) is 4.98. The Bertz CT molecular complexity index is 1180. The minimum atomic E-state index is -0.318. The molecule has 0 radical (unpaired) electrons. The second kappa shape index (κ2) is 11.6. The number of ether oxygens (including phenoxy) is 1. The number of nitrogens with one attached hydrogen (secondary N) is 1. The molecule has 0 heterocycles. The number of rotatable bonds is 9. The van der Waals surface area contributed by atoms with E-state index in [1.807, 2.05) is 55.4 Å². The van der Waals surface area contributed by atoms with Crippen LogP contribution in [0.5, 0.6) is 11.5 Å². The highest BCUT2D eigenvalue weighted by molar-refractivity contribution is 5.97. The summed E-state index contributed by atoms with van der Waals surface area (Å²) in [4.78, 5) is 19.0. The molecule has 6 heteroatoms. The summed E-state index contributed by atoms with van der Waals surface area (Å²) in [6.45, 7) is 6.12. The van der Waals surface area contributed by atoms with Crippen molar-refractivity contribution < 1.29 is 13.9 Å². The first-order valence-corrected chi connectivity index (χ1v) is 10.8. The van der Waals surface area contributed by atoms with Gasteiger partial charge < -0.3 is 15.0 Å². The zero-order valence-corrected chi connectivity index (χ0v) is 19.6. The van der Waals surface area contributed by atoms with E-state index in [9.17, 15) is 9.18 Å². The van der Waals surface area contributed by atoms with Crippen LogP contribution in [0.15, 0.2) is 96.0 Å². The highest BCUT2D eigenvalue weighted by Gasteiger charge is 2.08. The molecule has 0 aliphatic rings. The smallest absolute Gasteiger partial charge is 0.251 e. The summed E-state index contributed by atoms with van der Waals surface area (Å²) < 4.78 is 18.8. The number of hydrogen-bond acceptors (Lipinski definition) is 4. The maximum atomic E-state index is 13.1. The van der Waals surface area contributed by atoms with E-state index in [2.05, 4.69) is 16.9 Å². The van der Waals surface area contributed by atoms with Gasteiger partial charge in [0.05, 0.1) is 5.70 Å². The minimum Gasteiger partial charge on any atom is -0.457 e. The van der Waals surface area contributed by atoms with Gasteiger partial charge in [-0.15, -0.1) is 0 Å². The number of hydrogen-bond donors (Lipinski definition) is 1. The number of carbonyl (C=O) groups is 1. The zero-order chi connectivity index (χ0) is 24.5. The number of benzene rings is 3. The van der Waals surface area contributed by atoms with Crippen molar-refractivity contribution in [3.8, 4) is 11.5 Å². The average molecular weight is 458 g/mol. The van der Waals surface area contributed by atoms with Gasteiger partial charge in [-0.05, 0) is 79.2 Å². The largest absolute Gasteiger partial charge is 0.457 e. The Morgan fingerprint density at radius 2 is 1.59 bits per heavy atom. The second-order valence-electron chi connectivity index (χ2n) is 7.77. The molecular formula is C28H28FN3O2. The number of halogens is 1. The molecule has 1 amide bonds. The van der Waals surface area contributed by atoms with E-state index < -0.39 is 0 Å². The molecule has 3 aromatic carbocycles. The first-order valence-electron chi connectivity index (χ1n) is 10.8. The zero-order valence-electron chi connectivity index (χ0n) is 19.6. The Balaban J connectivity index is 1.65. The molecule has 0 unspecified atom stereocenters. The summed E-state index contributed by atoms with van der Waals surface area (Å²) in [7, 11) is 3.96. The van der Waals surface area contributed by atoms with Crippen molar-refractivity contribution in [1.82, 2.24) is 5.32 Å². The predicted octanol–water partition coefficient (Wildman–Crippen LogP) is 5.99. The van der Waals surface area contributed by atoms with Crippen molar-refractivity contribution in [1.29, 1.82) is 0 Å². The highest BCUT2D eigenvalue weighted by atomic mass is 19.1. The summed E-state index contributed by atoms with van der Waals surface area (Å²) in [5.74, 6) is 0.558. The van der Waals surface area contributed by atoms with Crippen LogP contribution in [0.3, 0.4) is 0 Å². The number of anilines is 1. The Morgan fingerprint density at radius 1 is 1.00 bits per heavy atom. The van der Waals surface area contributed by atoms with E-state index in [-0.39, 0.29) is 11.7 Å². The van der Waals surface area contributed by atoms with Gasteiger partial charge in [0.1, 0.15) is 17.3 Å². The molecule has 3 rings (SSSR count). The lowest BCUT2D eigenvalue weighted by atomic mass is 10.1. The van der Waals surface area contributed by atoms with Crippen LogP contribution in [0.4, 0.5) is 10.1 Å². The van der Waals surface area contributed by atoms with Gasteiger partial charge in [-0.3, -0.25) is 9.79 Å². The van der Waals surface area contributed by atoms with Crippen molar-refractivity contribution in [2.75, 3.05) is 19.0 Å². The van der Waals surface area contributed by atoms with Gasteiger partial charge in [0.25, 0.3) is 5.91 Å². The fourth-order valence-corrected chi connectivity index (χ4v) is 3.11. The van der Waals surface area contributed by atoms with Gasteiger partial charge in [0, 0.05) is 43.7 Å². The van der Waals surface area contributed by atoms with E-state index >= 15 is 0 Å². The monoisotopic (exact) mass is 457 g/mol. The van der Waals surface area contributed by atoms with Gasteiger partial charge in [-0.2, -0.15) is 0 Å². The molecule has 34 heavy (non-hydrogen) atoms. The first kappa shape index (κ1) is 24.5. The van der Waals surface area contributed by atoms with E-state index in [1.54, 1.807) is 43.5 Å². The van der Waals surface area contributed by atoms with Gasteiger partial charge >= 0.3 is 0 Å². The maximum absolute atomic E-state index is 13.1. The Hall–Kier alpha value is -4.19. The molecule has 0 fully saturated rings. The SMILES string of the molecule is C=C(C=C(N=CC)c1ccc(Oc2ccc(F)cc2)cc1)C(=O)NCc1ccc(N(C)C)cc1. The molecule has 0 atom stereocenters. The number of nitrogens with zero attached hydrogens (tertiary/aromatic N) is 2. The van der Waals surface area contributed by atoms with Gasteiger partial charge in [-0.25, -0.2) is 4.39 Å². The molecule has 0 aliphatic carbocycles. The maximum Gasteiger partial charge on any atom is 0.251 e. The standard InChI is InChI=1S/C28H28FN3O2/c1-5-30-27(22-8-14-25(15-9-22)34-26-16-10-23(29)11-17-26)18-20(2)28(33)31-19-21-6-12-24(13-7-21)32(3)4/h5-18H,2,19H2,1,3-4H3,(H,31,33). The third kappa shape index (κ3) is 6.90. The van der Waals surface area contributed by atoms with Crippen LogP contribution in [0.25, 0.3) is 5.70 Å². The summed E-state index contributed by atoms with van der Waals surface area (Å²) in [6.07, 6.45) is 3.31. The quantitative estimate of drug-likeness (QED) is 0.244. The summed E-state index contributed by atoms with van der Waals surface area (Å²) >= 11 is 0. The van der Waals surface area contributed by atoms with E-state index in [0.717, 1.165) is 16.8 Å². The van der Waals surface area contributed by atoms with Crippen LogP contribution in [-0.4, -0.2) is 26.2 Å². The number of aliphatic imine (C=N–C) groups is 1. The second-order valence-corrected chi connectivity index (χ2v) is 7.77. The molecule has 1 N–H and O–H groups in total. The van der Waals surface area contributed by atoms with Crippen molar-refractivity contribution in [2.45, 2.75) is 13.5 Å². The number of amides is 1. The van der Waals surface area contributed by atoms with Gasteiger partial charge in [0.2, 0.25) is 0 Å². The van der Waals surface area contributed by atoms with Crippen molar-refractivity contribution in [3.05, 3.63) is 108 Å². The Kier molecular flexibility index (Phi) is 8.35. The van der Waals surface area contributed by atoms with Crippen molar-refractivity contribution in [2.24, 2.45) is 4.99 Å². The summed E-state index contributed by atoms with van der Waals surface area (Å²) in [5.41, 5.74) is 3.80. The van der Waals surface area contributed by atoms with Gasteiger partial charge in [-0.1, -0.05) is 18.7 Å². The third-order valence-corrected chi connectivity index (χ3v) is 4.98. The van der Waals surface area contributed by atoms with E-state index in [4.69, 9.17) is 4.74 Å². The summed E-state index contributed by atoms with van der Waals surface area (Å²) in [5, 5.41) is 2.89. The number of carbonyl (C=O) groups excluding carboxylic acids is 1.